The van der Waals surface area contributed by atoms with Gasteiger partial charge in [-0.1, -0.05) is 0 Å². The van der Waals surface area contributed by atoms with Crippen molar-refractivity contribution in [2.24, 2.45) is 27.4 Å². The minimum atomic E-state index is -2.93. The molecule has 0 saturated heterocycles. The van der Waals surface area contributed by atoms with Crippen LogP contribution in [0.5, 0.6) is 0 Å². The summed E-state index contributed by atoms with van der Waals surface area (Å²) in [5.41, 5.74) is -5.37. The molecule has 1 saturated carbocycles. The summed E-state index contributed by atoms with van der Waals surface area (Å²) in [6, 6.07) is 0. The third-order valence-electron chi connectivity index (χ3n) is 11.0. The zero-order valence-corrected chi connectivity index (χ0v) is 25.1. The van der Waals surface area contributed by atoms with Crippen molar-refractivity contribution in [2.75, 3.05) is 14.1 Å². The Morgan fingerprint density at radius 2 is 1.47 bits per heavy atom. The molecule has 0 spiro atoms. The van der Waals surface area contributed by atoms with Crippen LogP contribution in [0.1, 0.15) is 55.4 Å². The monoisotopic (exact) mass is 565 g/mol. The fourth-order valence-corrected chi connectivity index (χ4v) is 7.78. The van der Waals surface area contributed by atoms with Gasteiger partial charge in [-0.2, -0.15) is 0 Å². The number of hydrogen-bond acceptors (Lipinski definition) is 8. The molecule has 0 radical (unpaired) electrons. The van der Waals surface area contributed by atoms with E-state index in [2.05, 4.69) is 23.6 Å². The fourth-order valence-electron chi connectivity index (χ4n) is 7.60. The summed E-state index contributed by atoms with van der Waals surface area (Å²) in [7, 11) is 3.20. The number of nitrogens with two attached hydrogens (primary N) is 1. The standard InChI is InChI=1S/C28H38N2O7.V/c1-12-14(31)15-13(2)23(3,4)25(7)17(18(15)32)21(35)28(37)20(34)16(22(29)36)19(33)26(8,30(10)11)27(28,9)24(25,5)6;/h31-33,37H,2H2,1,3-11H3,(H2,29,36);/t25-,26+,27-,28?;/m0./s1. The number of rotatable bonds is 3. The van der Waals surface area contributed by atoms with Gasteiger partial charge in [0.1, 0.15) is 0 Å². The van der Waals surface area contributed by atoms with Gasteiger partial charge in [0.15, 0.2) is 0 Å². The summed E-state index contributed by atoms with van der Waals surface area (Å²) in [6.07, 6.45) is 0. The first-order chi connectivity index (χ1) is 16.9. The van der Waals surface area contributed by atoms with Crippen LogP contribution in [0.25, 0.3) is 0 Å². The maximum absolute atomic E-state index is 14.6. The predicted molar refractivity (Wildman–Crippen MR) is 139 cm³/mol. The number of likely N-dealkylation sites (N-methyl/N-ethyl adjacent to an activating group) is 1. The van der Waals surface area contributed by atoms with Gasteiger partial charge >= 0.3 is 233 Å². The predicted octanol–water partition coefficient (Wildman–Crippen LogP) is 2.50. The van der Waals surface area contributed by atoms with E-state index in [9.17, 15) is 34.8 Å². The SMILES string of the molecule is C=C1C(=C(O)[C](C)=[V])C(O)=C2C(=O)C3(O)C(=O)C(C(N)=O)=C(O)[C@@](C)(N(C)C)[C@]3(C)C(C)(C)[C@]2(C)C1(C)C. The molecule has 1 unspecified atom stereocenters. The number of Topliss-reactive ketones (excluding diaryl/α,β-unsaturated/α-hetero) is 2. The van der Waals surface area contributed by atoms with Gasteiger partial charge in [0.2, 0.25) is 0 Å². The Balaban J connectivity index is 2.74. The number of hydrogen-bond donors (Lipinski definition) is 5. The van der Waals surface area contributed by atoms with Crippen LogP contribution in [-0.4, -0.2) is 72.3 Å². The number of fused-ring (bicyclic) bond motifs is 2. The molecule has 38 heavy (non-hydrogen) atoms. The number of carbonyl (C=O) groups excluding carboxylic acids is 3. The zero-order valence-electron chi connectivity index (χ0n) is 23.7. The number of ketones is 2. The maximum atomic E-state index is 14.6. The van der Waals surface area contributed by atoms with Crippen LogP contribution in [0.3, 0.4) is 0 Å². The van der Waals surface area contributed by atoms with E-state index in [4.69, 9.17) is 5.73 Å². The van der Waals surface area contributed by atoms with Crippen molar-refractivity contribution in [2.45, 2.75) is 66.5 Å². The Labute approximate surface area is 232 Å². The molecule has 4 atom stereocenters. The van der Waals surface area contributed by atoms with Crippen LogP contribution in [0.4, 0.5) is 0 Å². The fraction of sp³-hybridized carbons (Fsp3) is 0.571. The molecule has 1 amide bonds. The van der Waals surface area contributed by atoms with Gasteiger partial charge in [0.05, 0.1) is 0 Å². The molecule has 207 valence electrons. The van der Waals surface area contributed by atoms with Crippen molar-refractivity contribution in [3.8, 4) is 0 Å². The van der Waals surface area contributed by atoms with E-state index < -0.39 is 67.4 Å². The van der Waals surface area contributed by atoms with Crippen LogP contribution in [0, 0.1) is 21.7 Å². The first-order valence-corrected chi connectivity index (χ1v) is 12.9. The van der Waals surface area contributed by atoms with Crippen molar-refractivity contribution in [1.82, 2.24) is 4.90 Å². The normalized spacial score (nSPS) is 37.7. The van der Waals surface area contributed by atoms with Gasteiger partial charge in [-0.25, -0.2) is 0 Å². The molecule has 9 nitrogen and oxygen atoms in total. The van der Waals surface area contributed by atoms with E-state index in [-0.39, 0.29) is 16.9 Å². The Morgan fingerprint density at radius 1 is 1.00 bits per heavy atom. The number of carbonyl (C=O) groups is 3. The van der Waals surface area contributed by atoms with Gasteiger partial charge in [-0.05, 0) is 0 Å². The van der Waals surface area contributed by atoms with E-state index in [0.717, 1.165) is 0 Å². The molecule has 1 fully saturated rings. The molecular formula is C28H38N2O7V. The second kappa shape index (κ2) is 8.04. The van der Waals surface area contributed by atoms with Gasteiger partial charge in [-0.15, -0.1) is 0 Å². The number of allylic oxidation sites excluding steroid dienone is 2. The minimum absolute atomic E-state index is 0.0657. The Morgan fingerprint density at radius 3 is 1.87 bits per heavy atom. The molecule has 6 N–H and O–H groups in total. The van der Waals surface area contributed by atoms with Crippen molar-refractivity contribution in [1.29, 1.82) is 0 Å². The second-order valence-corrected chi connectivity index (χ2v) is 13.5. The first kappa shape index (κ1) is 30.1. The van der Waals surface area contributed by atoms with Gasteiger partial charge < -0.3 is 0 Å². The van der Waals surface area contributed by atoms with Gasteiger partial charge in [0.25, 0.3) is 0 Å². The molecule has 3 aliphatic carbocycles. The number of aliphatic hydroxyl groups is 4. The molecule has 0 aromatic rings. The average molecular weight is 566 g/mol. The van der Waals surface area contributed by atoms with Crippen molar-refractivity contribution in [3.63, 3.8) is 0 Å². The van der Waals surface area contributed by atoms with Gasteiger partial charge in [0, 0.05) is 0 Å². The molecule has 0 bridgehead atoms. The molecule has 0 heterocycles. The Kier molecular flexibility index (Phi) is 6.36. The number of aliphatic hydroxyl groups excluding tert-OH is 3. The van der Waals surface area contributed by atoms with Crippen LogP contribution in [-0.2, 0) is 31.4 Å². The Bertz CT molecular complexity index is 1350. The van der Waals surface area contributed by atoms with Crippen molar-refractivity contribution >= 4 is 21.7 Å². The Hall–Kier alpha value is -2.46. The van der Waals surface area contributed by atoms with E-state index in [1.165, 1.54) is 0 Å². The molecule has 3 aliphatic rings. The first-order valence-electron chi connectivity index (χ1n) is 12.2. The zero-order chi connectivity index (χ0) is 29.9. The molecule has 0 aromatic carbocycles. The summed E-state index contributed by atoms with van der Waals surface area (Å²) in [5.74, 6) is -5.31. The van der Waals surface area contributed by atoms with Crippen LogP contribution < -0.4 is 5.73 Å². The third kappa shape index (κ3) is 2.71. The van der Waals surface area contributed by atoms with Crippen molar-refractivity contribution < 1.29 is 51.8 Å². The van der Waals surface area contributed by atoms with E-state index in [1.807, 2.05) is 13.8 Å². The summed E-state index contributed by atoms with van der Waals surface area (Å²) in [6.45, 7) is 17.8. The van der Waals surface area contributed by atoms with Crippen LogP contribution in [0.15, 0.2) is 46.1 Å². The van der Waals surface area contributed by atoms with Crippen LogP contribution in [0.2, 0.25) is 0 Å². The van der Waals surface area contributed by atoms with Crippen molar-refractivity contribution in [3.05, 3.63) is 46.1 Å². The summed E-state index contributed by atoms with van der Waals surface area (Å²) in [5, 5.41) is 46.6. The summed E-state index contributed by atoms with van der Waals surface area (Å²) in [4.78, 5) is 42.6. The molecule has 0 aliphatic heterocycles. The van der Waals surface area contributed by atoms with Gasteiger partial charge in [-0.3, -0.25) is 0 Å². The molecule has 3 rings (SSSR count). The number of nitrogens with zero attached hydrogens (tertiary/aromatic N) is 1. The summed E-state index contributed by atoms with van der Waals surface area (Å²) >= 11 is 2.16. The quantitative estimate of drug-likeness (QED) is 0.198. The molecule has 0 aromatic heterocycles. The second-order valence-electron chi connectivity index (χ2n) is 12.4. The van der Waals surface area contributed by atoms with E-state index in [1.54, 1.807) is 60.5 Å². The number of primary amides is 1. The topological polar surface area (TPSA) is 161 Å². The third-order valence-corrected chi connectivity index (χ3v) is 11.3. The number of amides is 1. The summed E-state index contributed by atoms with van der Waals surface area (Å²) < 4.78 is 0.393. The van der Waals surface area contributed by atoms with E-state index in [0.29, 0.717) is 9.80 Å². The van der Waals surface area contributed by atoms with Crippen LogP contribution >= 0.6 is 0 Å². The van der Waals surface area contributed by atoms with E-state index >= 15 is 0 Å². The molecular weight excluding hydrogens is 527 g/mol. The molecule has 10 heteroatoms. The average Bonchev–Trinajstić information content (AvgIpc) is 2.78.